The lowest BCUT2D eigenvalue weighted by Crippen LogP contribution is -2.07. The number of nitrogen functional groups attached to an aromatic ring is 1. The number of unbranched alkanes of at least 4 members (excludes halogenated alkanes) is 1. The van der Waals surface area contributed by atoms with Crippen molar-refractivity contribution in [1.29, 1.82) is 0 Å². The molecule has 0 bridgehead atoms. The highest BCUT2D eigenvalue weighted by Gasteiger charge is 2.13. The third-order valence-electron chi connectivity index (χ3n) is 2.37. The number of benzene rings is 1. The van der Waals surface area contributed by atoms with Crippen molar-refractivity contribution < 1.29 is 8.42 Å². The first-order valence-corrected chi connectivity index (χ1v) is 7.62. The summed E-state index contributed by atoms with van der Waals surface area (Å²) in [5, 5.41) is 2.72. The Morgan fingerprint density at radius 1 is 1.41 bits per heavy atom. The molecule has 0 spiro atoms. The van der Waals surface area contributed by atoms with Crippen molar-refractivity contribution in [2.75, 3.05) is 22.8 Å². The quantitative estimate of drug-likeness (QED) is 0.476. The molecule has 3 N–H and O–H groups in total. The minimum atomic E-state index is -3.40. The number of nitrogens with two attached hydrogens (primary N) is 1. The predicted molar refractivity (Wildman–Crippen MR) is 72.2 cm³/mol. The molecular formula is C11H17ClN2O2S. The van der Waals surface area contributed by atoms with Gasteiger partial charge < -0.3 is 11.1 Å². The van der Waals surface area contributed by atoms with E-state index < -0.39 is 15.0 Å². The van der Waals surface area contributed by atoms with Crippen LogP contribution in [0.25, 0.3) is 0 Å². The normalized spacial score (nSPS) is 11.4. The molecule has 0 aliphatic heterocycles. The van der Waals surface area contributed by atoms with Crippen LogP contribution in [0.15, 0.2) is 23.1 Å². The third kappa shape index (κ3) is 3.78. The number of anilines is 2. The van der Waals surface area contributed by atoms with Gasteiger partial charge >= 0.3 is 0 Å². The Labute approximate surface area is 107 Å². The Bertz CT molecular complexity index is 474. The van der Waals surface area contributed by atoms with Crippen LogP contribution >= 0.6 is 11.6 Å². The number of rotatable bonds is 6. The van der Waals surface area contributed by atoms with Crippen molar-refractivity contribution in [2.45, 2.75) is 24.7 Å². The van der Waals surface area contributed by atoms with Crippen molar-refractivity contribution in [1.82, 2.24) is 0 Å². The molecule has 0 saturated heterocycles. The fraction of sp³-hybridized carbons (Fsp3) is 0.455. The topological polar surface area (TPSA) is 72.2 Å². The van der Waals surface area contributed by atoms with E-state index in [1.54, 1.807) is 6.07 Å². The standard InChI is InChI=1S/C11H17ClN2O2S/c1-2-3-6-14-11-5-4-9(7-10(11)13)17(15,16)8-12/h4-5,7,14H,2-3,6,8,13H2,1H3. The van der Waals surface area contributed by atoms with Gasteiger partial charge in [-0.15, -0.1) is 11.6 Å². The zero-order valence-electron chi connectivity index (χ0n) is 9.74. The van der Waals surface area contributed by atoms with Gasteiger partial charge in [0.15, 0.2) is 9.84 Å². The van der Waals surface area contributed by atoms with E-state index in [2.05, 4.69) is 12.2 Å². The van der Waals surface area contributed by atoms with Crippen LogP contribution in [-0.2, 0) is 9.84 Å². The van der Waals surface area contributed by atoms with E-state index in [-0.39, 0.29) is 4.90 Å². The molecule has 96 valence electrons. The molecule has 4 nitrogen and oxygen atoms in total. The number of hydrogen-bond acceptors (Lipinski definition) is 4. The van der Waals surface area contributed by atoms with Crippen molar-refractivity contribution in [3.8, 4) is 0 Å². The van der Waals surface area contributed by atoms with Crippen LogP contribution in [-0.4, -0.2) is 20.2 Å². The van der Waals surface area contributed by atoms with Gasteiger partial charge in [-0.1, -0.05) is 13.3 Å². The third-order valence-corrected chi connectivity index (χ3v) is 4.49. The van der Waals surface area contributed by atoms with Gasteiger partial charge in [-0.25, -0.2) is 8.42 Å². The molecular weight excluding hydrogens is 260 g/mol. The number of alkyl halides is 1. The summed E-state index contributed by atoms with van der Waals surface area (Å²) >= 11 is 5.38. The van der Waals surface area contributed by atoms with Crippen LogP contribution < -0.4 is 11.1 Å². The van der Waals surface area contributed by atoms with Gasteiger partial charge in [0.2, 0.25) is 0 Å². The van der Waals surface area contributed by atoms with Gasteiger partial charge in [0, 0.05) is 6.54 Å². The zero-order valence-corrected chi connectivity index (χ0v) is 11.3. The van der Waals surface area contributed by atoms with E-state index in [0.29, 0.717) is 5.69 Å². The lowest BCUT2D eigenvalue weighted by atomic mass is 10.2. The number of halogens is 1. The largest absolute Gasteiger partial charge is 0.397 e. The van der Waals surface area contributed by atoms with Gasteiger partial charge in [0.25, 0.3) is 0 Å². The Balaban J connectivity index is 2.87. The van der Waals surface area contributed by atoms with Crippen LogP contribution in [0, 0.1) is 0 Å². The fourth-order valence-electron chi connectivity index (χ4n) is 1.36. The Kier molecular flexibility index (Phi) is 5.08. The van der Waals surface area contributed by atoms with E-state index in [1.165, 1.54) is 12.1 Å². The van der Waals surface area contributed by atoms with E-state index in [0.717, 1.165) is 25.1 Å². The summed E-state index contributed by atoms with van der Waals surface area (Å²) in [6.07, 6.45) is 2.13. The minimum absolute atomic E-state index is 0.158. The highest BCUT2D eigenvalue weighted by Crippen LogP contribution is 2.23. The minimum Gasteiger partial charge on any atom is -0.397 e. The molecule has 0 fully saturated rings. The summed E-state index contributed by atoms with van der Waals surface area (Å²) in [6.45, 7) is 2.92. The van der Waals surface area contributed by atoms with Crippen LogP contribution in [0.4, 0.5) is 11.4 Å². The summed E-state index contributed by atoms with van der Waals surface area (Å²) in [6, 6.07) is 4.62. The van der Waals surface area contributed by atoms with Gasteiger partial charge in [0.05, 0.1) is 16.3 Å². The maximum atomic E-state index is 11.5. The van der Waals surface area contributed by atoms with Crippen molar-refractivity contribution in [2.24, 2.45) is 0 Å². The van der Waals surface area contributed by atoms with Gasteiger partial charge in [-0.2, -0.15) is 0 Å². The van der Waals surface area contributed by atoms with Gasteiger partial charge in [-0.05, 0) is 24.6 Å². The predicted octanol–water partition coefficient (Wildman–Crippen LogP) is 2.45. The summed E-state index contributed by atoms with van der Waals surface area (Å²) in [5.74, 6) is 0. The molecule has 6 heteroatoms. The number of sulfone groups is 1. The van der Waals surface area contributed by atoms with Crippen LogP contribution in [0.5, 0.6) is 0 Å². The molecule has 1 aromatic rings. The molecule has 0 unspecified atom stereocenters. The maximum Gasteiger partial charge on any atom is 0.192 e. The molecule has 0 aliphatic carbocycles. The van der Waals surface area contributed by atoms with Crippen molar-refractivity contribution in [3.63, 3.8) is 0 Å². The summed E-state index contributed by atoms with van der Waals surface area (Å²) < 4.78 is 23.0. The second kappa shape index (κ2) is 6.12. The molecule has 17 heavy (non-hydrogen) atoms. The lowest BCUT2D eigenvalue weighted by molar-refractivity contribution is 0.600. The average molecular weight is 277 g/mol. The lowest BCUT2D eigenvalue weighted by Gasteiger charge is -2.10. The second-order valence-corrected chi connectivity index (χ2v) is 6.33. The second-order valence-electron chi connectivity index (χ2n) is 3.75. The fourth-order valence-corrected chi connectivity index (χ4v) is 2.44. The molecule has 1 rings (SSSR count). The molecule has 0 radical (unpaired) electrons. The Morgan fingerprint density at radius 3 is 2.65 bits per heavy atom. The molecule has 0 amide bonds. The summed E-state index contributed by atoms with van der Waals surface area (Å²) in [5.41, 5.74) is 6.96. The van der Waals surface area contributed by atoms with Gasteiger partial charge in [0.1, 0.15) is 5.21 Å². The molecule has 1 aromatic carbocycles. The zero-order chi connectivity index (χ0) is 12.9. The van der Waals surface area contributed by atoms with Crippen molar-refractivity contribution in [3.05, 3.63) is 18.2 Å². The molecule has 0 atom stereocenters. The number of hydrogen-bond donors (Lipinski definition) is 2. The first-order chi connectivity index (χ1) is 8.01. The average Bonchev–Trinajstić information content (AvgIpc) is 2.31. The van der Waals surface area contributed by atoms with Crippen molar-refractivity contribution >= 4 is 32.8 Å². The molecule has 0 aromatic heterocycles. The van der Waals surface area contributed by atoms with Crippen LogP contribution in [0.2, 0.25) is 0 Å². The van der Waals surface area contributed by atoms with E-state index in [1.807, 2.05) is 0 Å². The summed E-state index contributed by atoms with van der Waals surface area (Å²) in [4.78, 5) is 0.158. The molecule has 0 heterocycles. The first-order valence-electron chi connectivity index (χ1n) is 5.43. The maximum absolute atomic E-state index is 11.5. The SMILES string of the molecule is CCCCNc1ccc(S(=O)(=O)CCl)cc1N. The number of nitrogens with one attached hydrogen (secondary N) is 1. The smallest absolute Gasteiger partial charge is 0.192 e. The summed E-state index contributed by atoms with van der Waals surface area (Å²) in [7, 11) is -3.40. The Morgan fingerprint density at radius 2 is 2.12 bits per heavy atom. The highest BCUT2D eigenvalue weighted by atomic mass is 35.5. The van der Waals surface area contributed by atoms with Gasteiger partial charge in [-0.3, -0.25) is 0 Å². The van der Waals surface area contributed by atoms with E-state index in [9.17, 15) is 8.42 Å². The van der Waals surface area contributed by atoms with E-state index >= 15 is 0 Å². The van der Waals surface area contributed by atoms with Crippen LogP contribution in [0.1, 0.15) is 19.8 Å². The Hall–Kier alpha value is -0.940. The highest BCUT2D eigenvalue weighted by molar-refractivity contribution is 7.92. The van der Waals surface area contributed by atoms with E-state index in [4.69, 9.17) is 17.3 Å². The first kappa shape index (κ1) is 14.1. The molecule has 0 saturated carbocycles. The monoisotopic (exact) mass is 276 g/mol. The van der Waals surface area contributed by atoms with Crippen LogP contribution in [0.3, 0.4) is 0 Å². The molecule has 0 aliphatic rings.